The van der Waals surface area contributed by atoms with Gasteiger partial charge < -0.3 is 0 Å². The maximum Gasteiger partial charge on any atom is 2.00 e. The van der Waals surface area contributed by atoms with Crippen LogP contribution in [0, 0.1) is 0 Å². The van der Waals surface area contributed by atoms with Gasteiger partial charge in [-0.15, -0.1) is 0 Å². The summed E-state index contributed by atoms with van der Waals surface area (Å²) in [5.41, 5.74) is 0. The molecule has 0 aromatic rings. The van der Waals surface area contributed by atoms with Crippen LogP contribution >= 0.6 is 0 Å². The first-order valence-corrected chi connectivity index (χ1v) is 7.59. The van der Waals surface area contributed by atoms with Crippen molar-refractivity contribution >= 4 is 29.0 Å². The molecule has 0 heterocycles. The van der Waals surface area contributed by atoms with Crippen molar-refractivity contribution in [3.05, 3.63) is 0 Å². The molecular weight excluding hydrogens is 431 g/mol. The first-order valence-electron chi connectivity index (χ1n) is 1.46. The Bertz CT molecular complexity index is 130. The molecule has 0 aliphatic rings. The van der Waals surface area contributed by atoms with Gasteiger partial charge in [0.1, 0.15) is 0 Å². The molecule has 0 atom stereocenters. The zero-order valence-electron chi connectivity index (χ0n) is 5.50. The van der Waals surface area contributed by atoms with Crippen LogP contribution in [0.5, 0.6) is 0 Å². The SMILES string of the molecule is O=[As]([O-])([O-])[O-].O=[As]([O-])([O-])[O-].[V+2].[V+2].[V+2]. The number of hydrogen-bond acceptors (Lipinski definition) is 8. The predicted molar refractivity (Wildman–Crippen MR) is 12.9 cm³/mol. The fourth-order valence-electron chi connectivity index (χ4n) is 0. The Balaban J connectivity index is -0.0000000267. The minimum absolute atomic E-state index is 0. The molecule has 0 aromatic carbocycles. The predicted octanol–water partition coefficient (Wildman–Crippen LogP) is -8.14. The molecule has 0 amide bonds. The van der Waals surface area contributed by atoms with Gasteiger partial charge >= 0.3 is 117 Å². The molecule has 0 saturated heterocycles. The Morgan fingerprint density at radius 2 is 0.538 bits per heavy atom. The summed E-state index contributed by atoms with van der Waals surface area (Å²) in [6.45, 7) is 0. The standard InChI is InChI=1S/2AsH3O4.3V/c2*2-1(3,4)5;;;/h2*(H3,2,3,4,5);;;/q;;3*+2/p-6. The van der Waals surface area contributed by atoms with Gasteiger partial charge in [0.25, 0.3) is 0 Å². The van der Waals surface area contributed by atoms with Crippen molar-refractivity contribution in [1.29, 1.82) is 0 Å². The van der Waals surface area contributed by atoms with Gasteiger partial charge in [0, 0.05) is 0 Å². The van der Waals surface area contributed by atoms with Crippen molar-refractivity contribution in [3.8, 4) is 0 Å². The zero-order valence-corrected chi connectivity index (χ0v) is 13.4. The molecule has 13 heavy (non-hydrogen) atoms. The van der Waals surface area contributed by atoms with E-state index in [1.54, 1.807) is 0 Å². The van der Waals surface area contributed by atoms with E-state index in [1.807, 2.05) is 0 Å². The van der Waals surface area contributed by atoms with Crippen LogP contribution in [0.15, 0.2) is 0 Å². The molecular formula is As2O8V3. The van der Waals surface area contributed by atoms with Gasteiger partial charge in [-0.05, 0) is 0 Å². The van der Waals surface area contributed by atoms with Crippen LogP contribution in [0.1, 0.15) is 0 Å². The van der Waals surface area contributed by atoms with Gasteiger partial charge in [0.05, 0.1) is 0 Å². The second-order valence-corrected chi connectivity index (χ2v) is 4.65. The number of rotatable bonds is 0. The zero-order chi connectivity index (χ0) is 9.00. The Morgan fingerprint density at radius 1 is 0.538 bits per heavy atom. The van der Waals surface area contributed by atoms with Crippen molar-refractivity contribution in [2.75, 3.05) is 0 Å². The molecule has 3 radical (unpaired) electrons. The van der Waals surface area contributed by atoms with Crippen molar-refractivity contribution in [1.82, 2.24) is 0 Å². The molecule has 73 valence electrons. The number of hydrogen-bond donors (Lipinski definition) is 0. The Hall–Kier alpha value is 2.23. The molecule has 0 aliphatic heterocycles. The maximum absolute atomic E-state index is 8.61. The van der Waals surface area contributed by atoms with Crippen LogP contribution in [0.2, 0.25) is 0 Å². The molecule has 0 bridgehead atoms. The summed E-state index contributed by atoms with van der Waals surface area (Å²) in [6.07, 6.45) is 0. The van der Waals surface area contributed by atoms with Crippen molar-refractivity contribution in [2.45, 2.75) is 0 Å². The van der Waals surface area contributed by atoms with Crippen LogP contribution in [0.3, 0.4) is 0 Å². The fourth-order valence-corrected chi connectivity index (χ4v) is 0. The average Bonchev–Trinajstić information content (AvgIpc) is 1.12. The minimum atomic E-state index is -5.88. The molecule has 0 N–H and O–H groups in total. The van der Waals surface area contributed by atoms with Crippen LogP contribution in [-0.4, -0.2) is 29.0 Å². The molecule has 13 heteroatoms. The Kier molecular flexibility index (Phi) is 27.9. The van der Waals surface area contributed by atoms with Gasteiger partial charge in [-0.25, -0.2) is 0 Å². The summed E-state index contributed by atoms with van der Waals surface area (Å²) in [4.78, 5) is 0. The van der Waals surface area contributed by atoms with Crippen LogP contribution < -0.4 is 24.6 Å². The molecule has 0 fully saturated rings. The molecule has 0 rings (SSSR count). The topological polar surface area (TPSA) is 172 Å². The first kappa shape index (κ1) is 29.5. The monoisotopic (exact) mass is 431 g/mol. The Labute approximate surface area is 115 Å². The van der Waals surface area contributed by atoms with Crippen LogP contribution in [0.4, 0.5) is 0 Å². The summed E-state index contributed by atoms with van der Waals surface area (Å²) in [6, 6.07) is 0. The van der Waals surface area contributed by atoms with E-state index in [4.69, 9.17) is 32.1 Å². The maximum atomic E-state index is 8.61. The quantitative estimate of drug-likeness (QED) is 0.341. The second kappa shape index (κ2) is 12.3. The summed E-state index contributed by atoms with van der Waals surface area (Å²) >= 11 is -11.8. The van der Waals surface area contributed by atoms with Gasteiger partial charge in [-0.3, -0.25) is 0 Å². The fraction of sp³-hybridized carbons (Fsp3) is 0. The smallest absolute Gasteiger partial charge is 2.00 e. The van der Waals surface area contributed by atoms with Crippen LogP contribution in [0.25, 0.3) is 0 Å². The average molecular weight is 431 g/mol. The van der Waals surface area contributed by atoms with E-state index in [1.165, 1.54) is 0 Å². The third-order valence-corrected chi connectivity index (χ3v) is 0. The van der Waals surface area contributed by atoms with E-state index in [0.717, 1.165) is 0 Å². The van der Waals surface area contributed by atoms with E-state index in [0.29, 0.717) is 0 Å². The normalized spacial score (nSPS) is 9.08. The Morgan fingerprint density at radius 3 is 0.538 bits per heavy atom. The van der Waals surface area contributed by atoms with Gasteiger partial charge in [-0.2, -0.15) is 0 Å². The van der Waals surface area contributed by atoms with E-state index < -0.39 is 29.0 Å². The molecule has 8 nitrogen and oxygen atoms in total. The second-order valence-electron chi connectivity index (χ2n) is 0.894. The largest absolute Gasteiger partial charge is 2.00 e. The van der Waals surface area contributed by atoms with Gasteiger partial charge in [0.2, 0.25) is 0 Å². The molecule has 0 spiro atoms. The van der Waals surface area contributed by atoms with Crippen LogP contribution in [-0.2, 0) is 63.1 Å². The van der Waals surface area contributed by atoms with E-state index in [9.17, 15) is 0 Å². The summed E-state index contributed by atoms with van der Waals surface area (Å²) < 4.78 is 68.9. The van der Waals surface area contributed by atoms with Crippen molar-refractivity contribution in [3.63, 3.8) is 0 Å². The van der Waals surface area contributed by atoms with Crippen molar-refractivity contribution < 1.29 is 87.7 Å². The molecule has 0 unspecified atom stereocenters. The van der Waals surface area contributed by atoms with Gasteiger partial charge in [0.15, 0.2) is 0 Å². The molecule has 0 aromatic heterocycles. The summed E-state index contributed by atoms with van der Waals surface area (Å²) in [5, 5.41) is 0. The minimum Gasteiger partial charge on any atom is 2.00 e. The third kappa shape index (κ3) is 428. The van der Waals surface area contributed by atoms with Gasteiger partial charge in [-0.1, -0.05) is 0 Å². The van der Waals surface area contributed by atoms with E-state index >= 15 is 0 Å². The first-order chi connectivity index (χ1) is 4.00. The van der Waals surface area contributed by atoms with Crippen molar-refractivity contribution in [2.24, 2.45) is 0 Å². The summed E-state index contributed by atoms with van der Waals surface area (Å²) in [7, 11) is 0. The summed E-state index contributed by atoms with van der Waals surface area (Å²) in [5.74, 6) is 0. The van der Waals surface area contributed by atoms with E-state index in [2.05, 4.69) is 0 Å². The molecule has 0 saturated carbocycles. The third-order valence-electron chi connectivity index (χ3n) is 0. The molecule has 0 aliphatic carbocycles. The van der Waals surface area contributed by atoms with E-state index in [-0.39, 0.29) is 55.7 Å².